The number of hydrogen-bond acceptors (Lipinski definition) is 4. The van der Waals surface area contributed by atoms with Gasteiger partial charge >= 0.3 is 0 Å². The van der Waals surface area contributed by atoms with E-state index in [1.165, 1.54) is 12.8 Å². The number of methoxy groups -OCH3 is 1. The van der Waals surface area contributed by atoms with Gasteiger partial charge in [0.05, 0.1) is 6.61 Å². The van der Waals surface area contributed by atoms with E-state index >= 15 is 0 Å². The van der Waals surface area contributed by atoms with Crippen LogP contribution in [0.5, 0.6) is 0 Å². The van der Waals surface area contributed by atoms with Crippen LogP contribution in [-0.2, 0) is 4.74 Å². The third kappa shape index (κ3) is 3.92. The summed E-state index contributed by atoms with van der Waals surface area (Å²) in [5.74, 6) is 0.964. The van der Waals surface area contributed by atoms with E-state index in [2.05, 4.69) is 27.3 Å². The molecule has 1 N–H and O–H groups in total. The molecule has 1 aromatic heterocycles. The molecule has 1 amide bonds. The quantitative estimate of drug-likeness (QED) is 0.830. The van der Waals surface area contributed by atoms with E-state index in [9.17, 15) is 4.79 Å². The lowest BCUT2D eigenvalue weighted by Crippen LogP contribution is -2.26. The van der Waals surface area contributed by atoms with Crippen molar-refractivity contribution in [3.8, 4) is 11.1 Å². The molecule has 0 radical (unpaired) electrons. The van der Waals surface area contributed by atoms with E-state index in [-0.39, 0.29) is 5.91 Å². The van der Waals surface area contributed by atoms with Crippen molar-refractivity contribution in [3.63, 3.8) is 0 Å². The maximum absolute atomic E-state index is 12.0. The molecule has 1 saturated heterocycles. The van der Waals surface area contributed by atoms with Crippen molar-refractivity contribution < 1.29 is 9.53 Å². The van der Waals surface area contributed by atoms with Crippen LogP contribution in [0.25, 0.3) is 11.1 Å². The van der Waals surface area contributed by atoms with Gasteiger partial charge in [0.25, 0.3) is 5.91 Å². The van der Waals surface area contributed by atoms with Crippen LogP contribution < -0.4 is 10.2 Å². The summed E-state index contributed by atoms with van der Waals surface area (Å²) >= 11 is 0. The molecule has 1 fully saturated rings. The Morgan fingerprint density at radius 3 is 2.46 bits per heavy atom. The fraction of sp³-hybridized carbons (Fsp3) is 0.368. The zero-order chi connectivity index (χ0) is 16.8. The first-order valence-electron chi connectivity index (χ1n) is 8.36. The first-order chi connectivity index (χ1) is 11.8. The van der Waals surface area contributed by atoms with E-state index in [0.717, 1.165) is 30.0 Å². The second-order valence-electron chi connectivity index (χ2n) is 5.93. The zero-order valence-electron chi connectivity index (χ0n) is 14.0. The summed E-state index contributed by atoms with van der Waals surface area (Å²) in [6.07, 6.45) is 4.40. The summed E-state index contributed by atoms with van der Waals surface area (Å²) in [6.45, 7) is 3.22. The molecule has 3 rings (SSSR count). The van der Waals surface area contributed by atoms with E-state index in [0.29, 0.717) is 18.7 Å². The molecule has 0 spiro atoms. The standard InChI is InChI=1S/C19H23N3O2/c1-24-13-10-20-19(23)16-6-4-15(5-7-16)17-8-9-18(21-14-17)22-11-2-3-12-22/h4-9,14H,2-3,10-13H2,1H3,(H,20,23). The highest BCUT2D eigenvalue weighted by molar-refractivity contribution is 5.94. The van der Waals surface area contributed by atoms with E-state index in [4.69, 9.17) is 4.74 Å². The van der Waals surface area contributed by atoms with Crippen LogP contribution in [0.3, 0.4) is 0 Å². The van der Waals surface area contributed by atoms with Crippen molar-refractivity contribution in [2.75, 3.05) is 38.3 Å². The lowest BCUT2D eigenvalue weighted by atomic mass is 10.1. The maximum Gasteiger partial charge on any atom is 0.251 e. The van der Waals surface area contributed by atoms with Gasteiger partial charge in [-0.15, -0.1) is 0 Å². The van der Waals surface area contributed by atoms with E-state index < -0.39 is 0 Å². The minimum Gasteiger partial charge on any atom is -0.383 e. The monoisotopic (exact) mass is 325 g/mol. The molecular weight excluding hydrogens is 302 g/mol. The van der Waals surface area contributed by atoms with Gasteiger partial charge in [0.15, 0.2) is 0 Å². The zero-order valence-corrected chi connectivity index (χ0v) is 14.0. The van der Waals surface area contributed by atoms with E-state index in [1.54, 1.807) is 7.11 Å². The highest BCUT2D eigenvalue weighted by atomic mass is 16.5. The van der Waals surface area contributed by atoms with Crippen LogP contribution in [0, 0.1) is 0 Å². The third-order valence-corrected chi connectivity index (χ3v) is 4.25. The minimum atomic E-state index is -0.0823. The predicted molar refractivity (Wildman–Crippen MR) is 95.3 cm³/mol. The summed E-state index contributed by atoms with van der Waals surface area (Å²) < 4.78 is 4.93. The van der Waals surface area contributed by atoms with Gasteiger partial charge in [-0.25, -0.2) is 4.98 Å². The van der Waals surface area contributed by atoms with Crippen molar-refractivity contribution in [1.82, 2.24) is 10.3 Å². The van der Waals surface area contributed by atoms with Crippen molar-refractivity contribution in [1.29, 1.82) is 0 Å². The summed E-state index contributed by atoms with van der Waals surface area (Å²) in [6, 6.07) is 11.8. The Kier molecular flexibility index (Phi) is 5.43. The van der Waals surface area contributed by atoms with Crippen LogP contribution in [0.1, 0.15) is 23.2 Å². The minimum absolute atomic E-state index is 0.0823. The molecular formula is C19H23N3O2. The van der Waals surface area contributed by atoms with Crippen molar-refractivity contribution >= 4 is 11.7 Å². The smallest absolute Gasteiger partial charge is 0.251 e. The average molecular weight is 325 g/mol. The first-order valence-corrected chi connectivity index (χ1v) is 8.36. The molecule has 126 valence electrons. The number of carbonyl (C=O) groups is 1. The fourth-order valence-corrected chi connectivity index (χ4v) is 2.87. The van der Waals surface area contributed by atoms with Gasteiger partial charge in [-0.1, -0.05) is 12.1 Å². The second-order valence-corrected chi connectivity index (χ2v) is 5.93. The molecule has 2 heterocycles. The summed E-state index contributed by atoms with van der Waals surface area (Å²) in [4.78, 5) is 18.9. The van der Waals surface area contributed by atoms with E-state index in [1.807, 2.05) is 30.5 Å². The van der Waals surface area contributed by atoms with Crippen LogP contribution in [0.4, 0.5) is 5.82 Å². The molecule has 24 heavy (non-hydrogen) atoms. The Hall–Kier alpha value is -2.40. The largest absolute Gasteiger partial charge is 0.383 e. The normalized spacial score (nSPS) is 14.0. The number of pyridine rings is 1. The highest BCUT2D eigenvalue weighted by Gasteiger charge is 2.13. The maximum atomic E-state index is 12.0. The number of aromatic nitrogens is 1. The number of rotatable bonds is 6. The fourth-order valence-electron chi connectivity index (χ4n) is 2.87. The van der Waals surface area contributed by atoms with Crippen molar-refractivity contribution in [3.05, 3.63) is 48.2 Å². The van der Waals surface area contributed by atoms with Crippen LogP contribution >= 0.6 is 0 Å². The molecule has 5 heteroatoms. The number of nitrogens with one attached hydrogen (secondary N) is 1. The molecule has 0 atom stereocenters. The second kappa shape index (κ2) is 7.93. The van der Waals surface area contributed by atoms with Crippen molar-refractivity contribution in [2.45, 2.75) is 12.8 Å². The van der Waals surface area contributed by atoms with Gasteiger partial charge in [0.2, 0.25) is 0 Å². The lowest BCUT2D eigenvalue weighted by Gasteiger charge is -2.16. The molecule has 1 aliphatic heterocycles. The third-order valence-electron chi connectivity index (χ3n) is 4.25. The summed E-state index contributed by atoms with van der Waals surface area (Å²) in [7, 11) is 1.62. The Bertz CT molecular complexity index is 662. The Balaban J connectivity index is 1.65. The van der Waals surface area contributed by atoms with Gasteiger partial charge in [-0.3, -0.25) is 4.79 Å². The molecule has 0 unspecified atom stereocenters. The lowest BCUT2D eigenvalue weighted by molar-refractivity contribution is 0.0937. The number of anilines is 1. The summed E-state index contributed by atoms with van der Waals surface area (Å²) in [5, 5.41) is 2.82. The van der Waals surface area contributed by atoms with Crippen LogP contribution in [0.15, 0.2) is 42.6 Å². The van der Waals surface area contributed by atoms with Gasteiger partial charge in [0, 0.05) is 44.1 Å². The number of amides is 1. The first kappa shape index (κ1) is 16.5. The Labute approximate surface area is 142 Å². The highest BCUT2D eigenvalue weighted by Crippen LogP contribution is 2.23. The molecule has 0 bridgehead atoms. The molecule has 1 aliphatic rings. The van der Waals surface area contributed by atoms with Gasteiger partial charge in [-0.05, 0) is 42.7 Å². The van der Waals surface area contributed by atoms with Crippen LogP contribution in [0.2, 0.25) is 0 Å². The predicted octanol–water partition coefficient (Wildman–Crippen LogP) is 2.73. The molecule has 1 aromatic carbocycles. The molecule has 2 aromatic rings. The number of hydrogen-bond donors (Lipinski definition) is 1. The SMILES string of the molecule is COCCNC(=O)c1ccc(-c2ccc(N3CCCC3)nc2)cc1. The average Bonchev–Trinajstić information content (AvgIpc) is 3.17. The van der Waals surface area contributed by atoms with Crippen LogP contribution in [-0.4, -0.2) is 44.2 Å². The number of benzene rings is 1. The Morgan fingerprint density at radius 2 is 1.83 bits per heavy atom. The van der Waals surface area contributed by atoms with Crippen molar-refractivity contribution in [2.24, 2.45) is 0 Å². The number of ether oxygens (including phenoxy) is 1. The van der Waals surface area contributed by atoms with Gasteiger partial charge in [-0.2, -0.15) is 0 Å². The molecule has 0 aliphatic carbocycles. The van der Waals surface area contributed by atoms with Gasteiger partial charge < -0.3 is 15.0 Å². The van der Waals surface area contributed by atoms with Gasteiger partial charge in [0.1, 0.15) is 5.82 Å². The Morgan fingerprint density at radius 1 is 1.12 bits per heavy atom. The summed E-state index contributed by atoms with van der Waals surface area (Å²) in [5.41, 5.74) is 2.77. The number of nitrogens with zero attached hydrogens (tertiary/aromatic N) is 2. The number of carbonyl (C=O) groups excluding carboxylic acids is 1. The topological polar surface area (TPSA) is 54.5 Å². The molecule has 5 nitrogen and oxygen atoms in total. The molecule has 0 saturated carbocycles.